The minimum absolute atomic E-state index is 0.112. The average molecular weight is 556 g/mol. The van der Waals surface area contributed by atoms with E-state index >= 15 is 0 Å². The Morgan fingerprint density at radius 2 is 1.50 bits per heavy atom. The highest BCUT2D eigenvalue weighted by Crippen LogP contribution is 2.20. The van der Waals surface area contributed by atoms with Gasteiger partial charge in [0.15, 0.2) is 0 Å². The monoisotopic (exact) mass is 555 g/mol. The number of hydrogen-bond acceptors (Lipinski definition) is 4. The van der Waals surface area contributed by atoms with Crippen LogP contribution in [0.15, 0.2) is 84.9 Å². The van der Waals surface area contributed by atoms with Crippen molar-refractivity contribution in [2.45, 2.75) is 38.8 Å². The number of anilines is 1. The normalized spacial score (nSPS) is 12.0. The largest absolute Gasteiger partial charge is 0.354 e. The predicted octanol–water partition coefficient (Wildman–Crippen LogP) is 4.66. The first-order valence-electron chi connectivity index (χ1n) is 12.6. The molecular weight excluding hydrogens is 522 g/mol. The molecular formula is C29H34ClN3O4S. The molecule has 0 heterocycles. The SMILES string of the molecule is CCCCNC(=O)[C@@H](Cc1ccccc1)N(Cc1ccc(Cl)cc1)C(=O)CN(c1ccccc1)S(C)(=O)=O. The van der Waals surface area contributed by atoms with Gasteiger partial charge in [-0.25, -0.2) is 8.42 Å². The van der Waals surface area contributed by atoms with Crippen LogP contribution in [0.1, 0.15) is 30.9 Å². The van der Waals surface area contributed by atoms with Crippen LogP contribution in [0.2, 0.25) is 5.02 Å². The molecule has 0 aromatic heterocycles. The average Bonchev–Trinajstić information content (AvgIpc) is 2.90. The smallest absolute Gasteiger partial charge is 0.244 e. The summed E-state index contributed by atoms with van der Waals surface area (Å²) < 4.78 is 26.5. The fourth-order valence-corrected chi connectivity index (χ4v) is 5.03. The van der Waals surface area contributed by atoms with Crippen molar-refractivity contribution in [3.8, 4) is 0 Å². The van der Waals surface area contributed by atoms with Crippen LogP contribution in [0.3, 0.4) is 0 Å². The number of sulfonamides is 1. The van der Waals surface area contributed by atoms with Crippen LogP contribution in [-0.4, -0.2) is 50.5 Å². The molecule has 0 unspecified atom stereocenters. The number of nitrogens with one attached hydrogen (secondary N) is 1. The summed E-state index contributed by atoms with van der Waals surface area (Å²) in [6.07, 6.45) is 3.07. The first-order chi connectivity index (χ1) is 18.2. The second-order valence-corrected chi connectivity index (χ2v) is 11.4. The van der Waals surface area contributed by atoms with Crippen molar-refractivity contribution in [1.82, 2.24) is 10.2 Å². The molecule has 0 aliphatic heterocycles. The lowest BCUT2D eigenvalue weighted by molar-refractivity contribution is -0.140. The van der Waals surface area contributed by atoms with Crippen LogP contribution in [0.4, 0.5) is 5.69 Å². The van der Waals surface area contributed by atoms with Crippen molar-refractivity contribution >= 4 is 39.1 Å². The molecule has 7 nitrogen and oxygen atoms in total. The Labute approximate surface area is 230 Å². The minimum atomic E-state index is -3.78. The van der Waals surface area contributed by atoms with Crippen molar-refractivity contribution in [1.29, 1.82) is 0 Å². The molecule has 0 radical (unpaired) electrons. The quantitative estimate of drug-likeness (QED) is 0.311. The lowest BCUT2D eigenvalue weighted by Crippen LogP contribution is -2.53. The van der Waals surface area contributed by atoms with E-state index in [4.69, 9.17) is 11.6 Å². The molecule has 0 fully saturated rings. The molecule has 0 spiro atoms. The Morgan fingerprint density at radius 1 is 0.895 bits per heavy atom. The first-order valence-corrected chi connectivity index (χ1v) is 14.8. The number of carbonyl (C=O) groups is 2. The number of hydrogen-bond donors (Lipinski definition) is 1. The van der Waals surface area contributed by atoms with Gasteiger partial charge in [0, 0.05) is 24.5 Å². The van der Waals surface area contributed by atoms with E-state index in [1.165, 1.54) is 4.90 Å². The number of unbranched alkanes of at least 4 members (excludes halogenated alkanes) is 1. The molecule has 0 aliphatic carbocycles. The predicted molar refractivity (Wildman–Crippen MR) is 152 cm³/mol. The molecule has 9 heteroatoms. The zero-order chi connectivity index (χ0) is 27.5. The van der Waals surface area contributed by atoms with Gasteiger partial charge in [0.1, 0.15) is 12.6 Å². The number of benzene rings is 3. The molecule has 3 aromatic rings. The van der Waals surface area contributed by atoms with Gasteiger partial charge in [-0.1, -0.05) is 85.6 Å². The van der Waals surface area contributed by atoms with E-state index in [9.17, 15) is 18.0 Å². The van der Waals surface area contributed by atoms with Crippen molar-refractivity contribution < 1.29 is 18.0 Å². The summed E-state index contributed by atoms with van der Waals surface area (Å²) in [5, 5.41) is 3.52. The van der Waals surface area contributed by atoms with Gasteiger partial charge in [0.25, 0.3) is 0 Å². The van der Waals surface area contributed by atoms with Crippen LogP contribution < -0.4 is 9.62 Å². The molecule has 202 valence electrons. The topological polar surface area (TPSA) is 86.8 Å². The molecule has 1 atom stereocenters. The molecule has 2 amide bonds. The lowest BCUT2D eigenvalue weighted by atomic mass is 10.0. The summed E-state index contributed by atoms with van der Waals surface area (Å²) in [7, 11) is -3.78. The Bertz CT molecular complexity index is 1290. The third-order valence-corrected chi connectivity index (χ3v) is 7.48. The van der Waals surface area contributed by atoms with Crippen molar-refractivity contribution in [3.63, 3.8) is 0 Å². The maximum Gasteiger partial charge on any atom is 0.244 e. The number of halogens is 1. The summed E-state index contributed by atoms with van der Waals surface area (Å²) in [6, 6.07) is 24.1. The number of amides is 2. The zero-order valence-corrected chi connectivity index (χ0v) is 23.3. The van der Waals surface area contributed by atoms with Crippen LogP contribution >= 0.6 is 11.6 Å². The van der Waals surface area contributed by atoms with Gasteiger partial charge in [0.2, 0.25) is 21.8 Å². The highest BCUT2D eigenvalue weighted by atomic mass is 35.5. The fourth-order valence-electron chi connectivity index (χ4n) is 4.05. The molecule has 3 aromatic carbocycles. The van der Waals surface area contributed by atoms with E-state index in [0.717, 1.165) is 34.5 Å². The lowest BCUT2D eigenvalue weighted by Gasteiger charge is -2.33. The summed E-state index contributed by atoms with van der Waals surface area (Å²) in [6.45, 7) is 2.20. The number of rotatable bonds is 13. The highest BCUT2D eigenvalue weighted by molar-refractivity contribution is 7.92. The molecule has 0 saturated carbocycles. The summed E-state index contributed by atoms with van der Waals surface area (Å²) in [4.78, 5) is 28.9. The zero-order valence-electron chi connectivity index (χ0n) is 21.7. The number of carbonyl (C=O) groups excluding carboxylic acids is 2. The molecule has 38 heavy (non-hydrogen) atoms. The Hall–Kier alpha value is -3.36. The van der Waals surface area contributed by atoms with Gasteiger partial charge >= 0.3 is 0 Å². The molecule has 0 bridgehead atoms. The van der Waals surface area contributed by atoms with Crippen LogP contribution in [0.5, 0.6) is 0 Å². The standard InChI is InChI=1S/C29H34ClN3O4S/c1-3-4-19-31-29(35)27(20-23-11-7-5-8-12-23)32(21-24-15-17-25(30)18-16-24)28(34)22-33(38(2,36)37)26-13-9-6-10-14-26/h5-18,27H,3-4,19-22H2,1-2H3,(H,31,35)/t27-/m1/s1. The molecule has 3 rings (SSSR count). The highest BCUT2D eigenvalue weighted by Gasteiger charge is 2.32. The Balaban J connectivity index is 2.01. The Kier molecular flexibility index (Phi) is 10.7. The van der Waals surface area contributed by atoms with Gasteiger partial charge in [-0.3, -0.25) is 13.9 Å². The van der Waals surface area contributed by atoms with E-state index in [1.54, 1.807) is 54.6 Å². The van der Waals surface area contributed by atoms with E-state index < -0.39 is 28.5 Å². The molecule has 0 aliphatic rings. The third-order valence-electron chi connectivity index (χ3n) is 6.09. The second-order valence-electron chi connectivity index (χ2n) is 9.10. The van der Waals surface area contributed by atoms with Gasteiger partial charge in [-0.2, -0.15) is 0 Å². The van der Waals surface area contributed by atoms with Gasteiger partial charge in [-0.05, 0) is 41.8 Å². The van der Waals surface area contributed by atoms with E-state index in [2.05, 4.69) is 5.32 Å². The maximum absolute atomic E-state index is 13.9. The summed E-state index contributed by atoms with van der Waals surface area (Å²) in [5.74, 6) is -0.768. The van der Waals surface area contributed by atoms with Crippen LogP contribution in [-0.2, 0) is 32.6 Å². The molecule has 1 N–H and O–H groups in total. The number of nitrogens with zero attached hydrogens (tertiary/aromatic N) is 2. The van der Waals surface area contributed by atoms with E-state index in [1.807, 2.05) is 37.3 Å². The maximum atomic E-state index is 13.9. The van der Waals surface area contributed by atoms with Gasteiger partial charge in [0.05, 0.1) is 11.9 Å². The third kappa shape index (κ3) is 8.60. The minimum Gasteiger partial charge on any atom is -0.354 e. The second kappa shape index (κ2) is 14.0. The summed E-state index contributed by atoms with van der Waals surface area (Å²) >= 11 is 6.07. The van der Waals surface area contributed by atoms with Crippen molar-refractivity contribution in [3.05, 3.63) is 101 Å². The Morgan fingerprint density at radius 3 is 2.08 bits per heavy atom. The summed E-state index contributed by atoms with van der Waals surface area (Å²) in [5.41, 5.74) is 2.04. The molecule has 0 saturated heterocycles. The van der Waals surface area contributed by atoms with Gasteiger partial charge in [-0.15, -0.1) is 0 Å². The van der Waals surface area contributed by atoms with E-state index in [0.29, 0.717) is 17.3 Å². The van der Waals surface area contributed by atoms with Crippen LogP contribution in [0, 0.1) is 0 Å². The van der Waals surface area contributed by atoms with Crippen molar-refractivity contribution in [2.24, 2.45) is 0 Å². The van der Waals surface area contributed by atoms with Crippen molar-refractivity contribution in [2.75, 3.05) is 23.7 Å². The van der Waals surface area contributed by atoms with Crippen LogP contribution in [0.25, 0.3) is 0 Å². The van der Waals surface area contributed by atoms with E-state index in [-0.39, 0.29) is 18.9 Å². The fraction of sp³-hybridized carbons (Fsp3) is 0.310. The van der Waals surface area contributed by atoms with Gasteiger partial charge < -0.3 is 10.2 Å². The first kappa shape index (κ1) is 29.2. The number of para-hydroxylation sites is 1.